The van der Waals surface area contributed by atoms with E-state index < -0.39 is 0 Å². The van der Waals surface area contributed by atoms with Gasteiger partial charge in [0.15, 0.2) is 0 Å². The third kappa shape index (κ3) is 4.49. The van der Waals surface area contributed by atoms with Crippen molar-refractivity contribution in [1.29, 1.82) is 0 Å². The van der Waals surface area contributed by atoms with Crippen LogP contribution in [0.2, 0.25) is 5.02 Å². The lowest BCUT2D eigenvalue weighted by atomic mass is 10.3. The van der Waals surface area contributed by atoms with E-state index in [2.05, 4.69) is 19.2 Å². The Morgan fingerprint density at radius 3 is 2.50 bits per heavy atom. The summed E-state index contributed by atoms with van der Waals surface area (Å²) < 4.78 is 5.49. The van der Waals surface area contributed by atoms with E-state index in [9.17, 15) is 0 Å². The van der Waals surface area contributed by atoms with Crippen LogP contribution in [-0.2, 0) is 0 Å². The predicted octanol–water partition coefficient (Wildman–Crippen LogP) is 2.72. The first kappa shape index (κ1) is 11.3. The van der Waals surface area contributed by atoms with Gasteiger partial charge in [-0.2, -0.15) is 0 Å². The second-order valence-electron chi connectivity index (χ2n) is 3.41. The number of ether oxygens (including phenoxy) is 1. The SMILES string of the molecule is CC(C)NCCOc1ccc(Cl)cc1. The quantitative estimate of drug-likeness (QED) is 0.760. The van der Waals surface area contributed by atoms with Crippen molar-refractivity contribution in [2.24, 2.45) is 0 Å². The second-order valence-corrected chi connectivity index (χ2v) is 3.85. The zero-order valence-electron chi connectivity index (χ0n) is 8.59. The Hall–Kier alpha value is -0.730. The van der Waals surface area contributed by atoms with E-state index in [1.165, 1.54) is 0 Å². The van der Waals surface area contributed by atoms with Crippen LogP contribution in [0, 0.1) is 0 Å². The summed E-state index contributed by atoms with van der Waals surface area (Å²) >= 11 is 5.75. The molecule has 0 amide bonds. The minimum Gasteiger partial charge on any atom is -0.492 e. The molecule has 0 aromatic heterocycles. The number of rotatable bonds is 5. The van der Waals surface area contributed by atoms with Gasteiger partial charge >= 0.3 is 0 Å². The fourth-order valence-corrected chi connectivity index (χ4v) is 1.17. The van der Waals surface area contributed by atoms with Crippen molar-refractivity contribution in [2.75, 3.05) is 13.2 Å². The Morgan fingerprint density at radius 2 is 1.93 bits per heavy atom. The topological polar surface area (TPSA) is 21.3 Å². The zero-order valence-corrected chi connectivity index (χ0v) is 9.34. The molecule has 0 aliphatic heterocycles. The highest BCUT2D eigenvalue weighted by Crippen LogP contribution is 2.14. The third-order valence-electron chi connectivity index (χ3n) is 1.74. The van der Waals surface area contributed by atoms with Crippen molar-refractivity contribution in [3.8, 4) is 5.75 Å². The van der Waals surface area contributed by atoms with Crippen molar-refractivity contribution in [3.63, 3.8) is 0 Å². The van der Waals surface area contributed by atoms with Crippen LogP contribution in [-0.4, -0.2) is 19.2 Å². The van der Waals surface area contributed by atoms with Crippen molar-refractivity contribution in [3.05, 3.63) is 29.3 Å². The highest BCUT2D eigenvalue weighted by Gasteiger charge is 1.94. The molecule has 0 aliphatic carbocycles. The summed E-state index contributed by atoms with van der Waals surface area (Å²) in [6.45, 7) is 5.77. The van der Waals surface area contributed by atoms with Gasteiger partial charge in [-0.1, -0.05) is 25.4 Å². The summed E-state index contributed by atoms with van der Waals surface area (Å²) in [6, 6.07) is 7.90. The zero-order chi connectivity index (χ0) is 10.4. The lowest BCUT2D eigenvalue weighted by Crippen LogP contribution is -2.27. The Morgan fingerprint density at radius 1 is 1.29 bits per heavy atom. The third-order valence-corrected chi connectivity index (χ3v) is 1.99. The van der Waals surface area contributed by atoms with Gasteiger partial charge in [0.1, 0.15) is 12.4 Å². The molecule has 14 heavy (non-hydrogen) atoms. The molecule has 0 atom stereocenters. The number of halogens is 1. The summed E-state index contributed by atoms with van der Waals surface area (Å²) in [5, 5.41) is 4.01. The Bertz CT molecular complexity index is 258. The molecule has 0 radical (unpaired) electrons. The molecule has 0 fully saturated rings. The molecule has 3 heteroatoms. The van der Waals surface area contributed by atoms with Crippen LogP contribution >= 0.6 is 11.6 Å². The number of benzene rings is 1. The van der Waals surface area contributed by atoms with E-state index in [0.717, 1.165) is 17.3 Å². The minimum atomic E-state index is 0.504. The van der Waals surface area contributed by atoms with Crippen molar-refractivity contribution in [2.45, 2.75) is 19.9 Å². The van der Waals surface area contributed by atoms with Gasteiger partial charge in [-0.05, 0) is 24.3 Å². The van der Waals surface area contributed by atoms with Gasteiger partial charge in [-0.15, -0.1) is 0 Å². The van der Waals surface area contributed by atoms with Crippen LogP contribution in [0.15, 0.2) is 24.3 Å². The lowest BCUT2D eigenvalue weighted by molar-refractivity contribution is 0.309. The highest BCUT2D eigenvalue weighted by atomic mass is 35.5. The summed E-state index contributed by atoms with van der Waals surface area (Å²) in [6.07, 6.45) is 0. The van der Waals surface area contributed by atoms with Gasteiger partial charge in [0.25, 0.3) is 0 Å². The monoisotopic (exact) mass is 213 g/mol. The Kier molecular flexibility index (Phi) is 4.77. The van der Waals surface area contributed by atoms with E-state index in [1.807, 2.05) is 24.3 Å². The maximum absolute atomic E-state index is 5.75. The molecule has 1 aromatic rings. The summed E-state index contributed by atoms with van der Waals surface area (Å²) in [7, 11) is 0. The molecule has 0 saturated carbocycles. The standard InChI is InChI=1S/C11H16ClNO/c1-9(2)13-7-8-14-11-5-3-10(12)4-6-11/h3-6,9,13H,7-8H2,1-2H3. The first-order valence-corrected chi connectivity index (χ1v) is 5.18. The maximum atomic E-state index is 5.75. The molecule has 1 N–H and O–H groups in total. The molecular weight excluding hydrogens is 198 g/mol. The van der Waals surface area contributed by atoms with Crippen LogP contribution < -0.4 is 10.1 Å². The van der Waals surface area contributed by atoms with E-state index in [1.54, 1.807) is 0 Å². The van der Waals surface area contributed by atoms with Crippen LogP contribution in [0.5, 0.6) is 5.75 Å². The van der Waals surface area contributed by atoms with E-state index in [0.29, 0.717) is 12.6 Å². The van der Waals surface area contributed by atoms with Gasteiger partial charge in [-0.3, -0.25) is 0 Å². The lowest BCUT2D eigenvalue weighted by Gasteiger charge is -2.09. The van der Waals surface area contributed by atoms with Crippen LogP contribution in [0.1, 0.15) is 13.8 Å². The molecule has 78 valence electrons. The summed E-state index contributed by atoms with van der Waals surface area (Å²) in [5.74, 6) is 0.861. The molecule has 0 unspecified atom stereocenters. The van der Waals surface area contributed by atoms with Gasteiger partial charge in [0, 0.05) is 17.6 Å². The number of nitrogens with one attached hydrogen (secondary N) is 1. The molecule has 1 aromatic carbocycles. The molecule has 2 nitrogen and oxygen atoms in total. The first-order valence-electron chi connectivity index (χ1n) is 4.80. The average molecular weight is 214 g/mol. The smallest absolute Gasteiger partial charge is 0.119 e. The second kappa shape index (κ2) is 5.89. The van der Waals surface area contributed by atoms with Crippen molar-refractivity contribution >= 4 is 11.6 Å². The van der Waals surface area contributed by atoms with Crippen molar-refractivity contribution < 1.29 is 4.74 Å². The molecule has 0 aliphatic rings. The summed E-state index contributed by atoms with van der Waals surface area (Å²) in [5.41, 5.74) is 0. The first-order chi connectivity index (χ1) is 6.68. The normalized spacial score (nSPS) is 10.6. The Labute approximate surface area is 90.2 Å². The van der Waals surface area contributed by atoms with E-state index >= 15 is 0 Å². The molecule has 1 rings (SSSR count). The maximum Gasteiger partial charge on any atom is 0.119 e. The molecule has 0 spiro atoms. The van der Waals surface area contributed by atoms with Gasteiger partial charge < -0.3 is 10.1 Å². The average Bonchev–Trinajstić information content (AvgIpc) is 2.15. The van der Waals surface area contributed by atoms with Gasteiger partial charge in [0.05, 0.1) is 0 Å². The molecule has 0 bridgehead atoms. The van der Waals surface area contributed by atoms with E-state index in [-0.39, 0.29) is 0 Å². The molecular formula is C11H16ClNO. The number of hydrogen-bond donors (Lipinski definition) is 1. The predicted molar refractivity (Wildman–Crippen MR) is 60.1 cm³/mol. The Balaban J connectivity index is 2.21. The fourth-order valence-electron chi connectivity index (χ4n) is 1.05. The van der Waals surface area contributed by atoms with Crippen LogP contribution in [0.25, 0.3) is 0 Å². The van der Waals surface area contributed by atoms with Gasteiger partial charge in [0.2, 0.25) is 0 Å². The largest absolute Gasteiger partial charge is 0.492 e. The fraction of sp³-hybridized carbons (Fsp3) is 0.455. The summed E-state index contributed by atoms with van der Waals surface area (Å²) in [4.78, 5) is 0. The van der Waals surface area contributed by atoms with Gasteiger partial charge in [-0.25, -0.2) is 0 Å². The number of hydrogen-bond acceptors (Lipinski definition) is 2. The van der Waals surface area contributed by atoms with E-state index in [4.69, 9.17) is 16.3 Å². The minimum absolute atomic E-state index is 0.504. The van der Waals surface area contributed by atoms with Crippen LogP contribution in [0.4, 0.5) is 0 Å². The van der Waals surface area contributed by atoms with Crippen LogP contribution in [0.3, 0.4) is 0 Å². The molecule has 0 saturated heterocycles. The van der Waals surface area contributed by atoms with Crippen molar-refractivity contribution in [1.82, 2.24) is 5.32 Å². The highest BCUT2D eigenvalue weighted by molar-refractivity contribution is 6.30. The molecule has 0 heterocycles.